The molecule has 2 heterocycles. The molecule has 21 heavy (non-hydrogen) atoms. The van der Waals surface area contributed by atoms with Crippen molar-refractivity contribution in [2.75, 3.05) is 13.2 Å². The molecule has 1 aliphatic rings. The number of carbonyl (C=O) groups is 1. The maximum atomic E-state index is 12.7. The molecule has 0 bridgehead atoms. The van der Waals surface area contributed by atoms with Gasteiger partial charge in [0.05, 0.1) is 6.61 Å². The van der Waals surface area contributed by atoms with Crippen LogP contribution in [0.4, 0.5) is 0 Å². The van der Waals surface area contributed by atoms with Crippen LogP contribution in [0.5, 0.6) is 0 Å². The molecule has 1 aliphatic heterocycles. The van der Waals surface area contributed by atoms with E-state index in [0.29, 0.717) is 17.3 Å². The van der Waals surface area contributed by atoms with E-state index in [1.54, 1.807) is 6.92 Å². The first kappa shape index (κ1) is 16.7. The standard InChI is InChI=1S/C12H14BrClN2O4S/c1-2-20-12(17)9-4-3-5-16(9)21(18,19)10-6-8(13)7-15-11(10)14/h6-7,9H,2-5H2,1H3. The number of nitrogens with zero attached hydrogens (tertiary/aromatic N) is 2. The third-order valence-electron chi connectivity index (χ3n) is 3.12. The molecule has 0 saturated carbocycles. The van der Waals surface area contributed by atoms with Gasteiger partial charge in [0.15, 0.2) is 0 Å². The lowest BCUT2D eigenvalue weighted by molar-refractivity contribution is -0.146. The fraction of sp³-hybridized carbons (Fsp3) is 0.500. The summed E-state index contributed by atoms with van der Waals surface area (Å²) in [7, 11) is -3.90. The Balaban J connectivity index is 2.38. The normalized spacial score (nSPS) is 19.7. The Labute approximate surface area is 136 Å². The van der Waals surface area contributed by atoms with Crippen molar-refractivity contribution in [2.45, 2.75) is 30.7 Å². The Morgan fingerprint density at radius 3 is 3.00 bits per heavy atom. The van der Waals surface area contributed by atoms with E-state index in [1.807, 2.05) is 0 Å². The van der Waals surface area contributed by atoms with Crippen molar-refractivity contribution >= 4 is 43.5 Å². The molecule has 9 heteroatoms. The highest BCUT2D eigenvalue weighted by atomic mass is 79.9. The highest BCUT2D eigenvalue weighted by molar-refractivity contribution is 9.10. The molecule has 0 aliphatic carbocycles. The second kappa shape index (κ2) is 6.60. The number of aromatic nitrogens is 1. The summed E-state index contributed by atoms with van der Waals surface area (Å²) >= 11 is 9.06. The monoisotopic (exact) mass is 396 g/mol. The number of hydrogen-bond acceptors (Lipinski definition) is 5. The number of rotatable bonds is 4. The SMILES string of the molecule is CCOC(=O)C1CCCN1S(=O)(=O)c1cc(Br)cnc1Cl. The summed E-state index contributed by atoms with van der Waals surface area (Å²) in [5.74, 6) is -0.530. The summed E-state index contributed by atoms with van der Waals surface area (Å²) in [6.07, 6.45) is 2.45. The number of halogens is 2. The highest BCUT2D eigenvalue weighted by Crippen LogP contribution is 2.31. The van der Waals surface area contributed by atoms with Gasteiger partial charge in [0.2, 0.25) is 10.0 Å². The molecule has 1 aromatic rings. The number of carbonyl (C=O) groups excluding carboxylic acids is 1. The molecule has 1 fully saturated rings. The van der Waals surface area contributed by atoms with Crippen LogP contribution in [-0.4, -0.2) is 42.9 Å². The number of esters is 1. The average Bonchev–Trinajstić information content (AvgIpc) is 2.92. The second-order valence-electron chi connectivity index (χ2n) is 4.47. The second-order valence-corrected chi connectivity index (χ2v) is 7.60. The van der Waals surface area contributed by atoms with E-state index in [1.165, 1.54) is 12.3 Å². The fourth-order valence-corrected chi connectivity index (χ4v) is 4.78. The summed E-state index contributed by atoms with van der Waals surface area (Å²) in [4.78, 5) is 15.6. The van der Waals surface area contributed by atoms with Gasteiger partial charge in [-0.2, -0.15) is 4.31 Å². The lowest BCUT2D eigenvalue weighted by Gasteiger charge is -2.22. The summed E-state index contributed by atoms with van der Waals surface area (Å²) in [6, 6.07) is 0.579. The predicted molar refractivity (Wildman–Crippen MR) is 80.5 cm³/mol. The molecule has 116 valence electrons. The van der Waals surface area contributed by atoms with E-state index in [9.17, 15) is 13.2 Å². The Kier molecular flexibility index (Phi) is 5.24. The number of ether oxygens (including phenoxy) is 1. The van der Waals surface area contributed by atoms with Crippen LogP contribution in [0.25, 0.3) is 0 Å². The van der Waals surface area contributed by atoms with Crippen molar-refractivity contribution in [1.82, 2.24) is 9.29 Å². The molecule has 0 radical (unpaired) electrons. The molecule has 1 atom stereocenters. The zero-order chi connectivity index (χ0) is 15.6. The van der Waals surface area contributed by atoms with Gasteiger partial charge in [-0.25, -0.2) is 13.4 Å². The van der Waals surface area contributed by atoms with Crippen LogP contribution in [0, 0.1) is 0 Å². The fourth-order valence-electron chi connectivity index (χ4n) is 2.21. The minimum Gasteiger partial charge on any atom is -0.465 e. The van der Waals surface area contributed by atoms with Gasteiger partial charge in [-0.15, -0.1) is 0 Å². The molecule has 1 unspecified atom stereocenters. The Hall–Kier alpha value is -0.700. The van der Waals surface area contributed by atoms with E-state index in [-0.39, 0.29) is 23.2 Å². The third kappa shape index (κ3) is 3.39. The minimum absolute atomic E-state index is 0.116. The van der Waals surface area contributed by atoms with Gasteiger partial charge in [-0.05, 0) is 41.8 Å². The van der Waals surface area contributed by atoms with Gasteiger partial charge in [0.1, 0.15) is 16.1 Å². The predicted octanol–water partition coefficient (Wildman–Crippen LogP) is 2.21. The van der Waals surface area contributed by atoms with Gasteiger partial charge < -0.3 is 4.74 Å². The molecular weight excluding hydrogens is 384 g/mol. The Morgan fingerprint density at radius 2 is 2.33 bits per heavy atom. The molecule has 2 rings (SSSR count). The van der Waals surface area contributed by atoms with Crippen molar-refractivity contribution in [3.63, 3.8) is 0 Å². The van der Waals surface area contributed by atoms with Crippen LogP contribution in [-0.2, 0) is 19.6 Å². The summed E-state index contributed by atoms with van der Waals surface area (Å²) in [5, 5.41) is -0.118. The van der Waals surface area contributed by atoms with Gasteiger partial charge >= 0.3 is 5.97 Å². The molecule has 0 spiro atoms. The maximum absolute atomic E-state index is 12.7. The van der Waals surface area contributed by atoms with Crippen molar-refractivity contribution in [2.24, 2.45) is 0 Å². The van der Waals surface area contributed by atoms with Crippen LogP contribution < -0.4 is 0 Å². The molecule has 0 amide bonds. The van der Waals surface area contributed by atoms with Crippen LogP contribution >= 0.6 is 27.5 Å². The molecular formula is C12H14BrClN2O4S. The van der Waals surface area contributed by atoms with Crippen molar-refractivity contribution in [3.8, 4) is 0 Å². The lowest BCUT2D eigenvalue weighted by Crippen LogP contribution is -2.41. The number of pyridine rings is 1. The first-order valence-electron chi connectivity index (χ1n) is 6.37. The van der Waals surface area contributed by atoms with Crippen LogP contribution in [0.2, 0.25) is 5.15 Å². The zero-order valence-electron chi connectivity index (χ0n) is 11.3. The van der Waals surface area contributed by atoms with Crippen molar-refractivity contribution < 1.29 is 17.9 Å². The largest absolute Gasteiger partial charge is 0.465 e. The van der Waals surface area contributed by atoms with Crippen molar-refractivity contribution in [3.05, 3.63) is 21.9 Å². The van der Waals surface area contributed by atoms with Crippen LogP contribution in [0.3, 0.4) is 0 Å². The van der Waals surface area contributed by atoms with Gasteiger partial charge in [-0.3, -0.25) is 4.79 Å². The smallest absolute Gasteiger partial charge is 0.324 e. The van der Waals surface area contributed by atoms with E-state index < -0.39 is 22.0 Å². The molecule has 0 aromatic carbocycles. The number of hydrogen-bond donors (Lipinski definition) is 0. The zero-order valence-corrected chi connectivity index (χ0v) is 14.4. The summed E-state index contributed by atoms with van der Waals surface area (Å²) < 4.78 is 32.0. The minimum atomic E-state index is -3.90. The van der Waals surface area contributed by atoms with E-state index >= 15 is 0 Å². The lowest BCUT2D eigenvalue weighted by atomic mass is 10.2. The topological polar surface area (TPSA) is 76.6 Å². The van der Waals surface area contributed by atoms with E-state index in [0.717, 1.165) is 4.31 Å². The highest BCUT2D eigenvalue weighted by Gasteiger charge is 2.41. The van der Waals surface area contributed by atoms with Gasteiger partial charge in [0.25, 0.3) is 0 Å². The quantitative estimate of drug-likeness (QED) is 0.575. The summed E-state index contributed by atoms with van der Waals surface area (Å²) in [5.41, 5.74) is 0. The first-order chi connectivity index (χ1) is 9.87. The Morgan fingerprint density at radius 1 is 1.62 bits per heavy atom. The van der Waals surface area contributed by atoms with E-state index in [4.69, 9.17) is 16.3 Å². The Bertz CT molecular complexity index is 653. The third-order valence-corrected chi connectivity index (χ3v) is 5.89. The summed E-state index contributed by atoms with van der Waals surface area (Å²) in [6.45, 7) is 2.15. The maximum Gasteiger partial charge on any atom is 0.324 e. The number of sulfonamides is 1. The van der Waals surface area contributed by atoms with Gasteiger partial charge in [0, 0.05) is 17.2 Å². The molecule has 0 N–H and O–H groups in total. The molecule has 1 aromatic heterocycles. The van der Waals surface area contributed by atoms with Crippen LogP contribution in [0.15, 0.2) is 21.6 Å². The molecule has 1 saturated heterocycles. The van der Waals surface area contributed by atoms with Crippen LogP contribution in [0.1, 0.15) is 19.8 Å². The van der Waals surface area contributed by atoms with Crippen molar-refractivity contribution in [1.29, 1.82) is 0 Å². The first-order valence-corrected chi connectivity index (χ1v) is 8.98. The van der Waals surface area contributed by atoms with E-state index in [2.05, 4.69) is 20.9 Å². The average molecular weight is 398 g/mol. The molecule has 6 nitrogen and oxygen atoms in total. The van der Waals surface area contributed by atoms with Gasteiger partial charge in [-0.1, -0.05) is 11.6 Å².